The number of halogens is 2. The SMILES string of the molecule is CCc1ccc(N2C(=O)C(=O)/C(=C(\O)c3cc(Cl)c(OC)c(Cl)c3)C2c2ccco2)cc1. The lowest BCUT2D eigenvalue weighted by atomic mass is 9.99. The van der Waals surface area contributed by atoms with Crippen LogP contribution in [0.1, 0.15) is 29.9 Å². The first kappa shape index (κ1) is 22.0. The minimum absolute atomic E-state index is 0.123. The zero-order valence-electron chi connectivity index (χ0n) is 17.3. The molecule has 164 valence electrons. The van der Waals surface area contributed by atoms with Gasteiger partial charge in [-0.05, 0) is 48.4 Å². The first-order valence-corrected chi connectivity index (χ1v) is 10.6. The molecular formula is C24H19Cl2NO5. The van der Waals surface area contributed by atoms with E-state index >= 15 is 0 Å². The Labute approximate surface area is 194 Å². The van der Waals surface area contributed by atoms with Crippen molar-refractivity contribution in [2.45, 2.75) is 19.4 Å². The number of hydrogen-bond donors (Lipinski definition) is 1. The zero-order valence-corrected chi connectivity index (χ0v) is 18.8. The monoisotopic (exact) mass is 471 g/mol. The molecule has 1 aliphatic rings. The highest BCUT2D eigenvalue weighted by Gasteiger charge is 2.48. The van der Waals surface area contributed by atoms with Gasteiger partial charge in [-0.3, -0.25) is 14.5 Å². The van der Waals surface area contributed by atoms with Crippen LogP contribution < -0.4 is 9.64 Å². The van der Waals surface area contributed by atoms with Gasteiger partial charge in [0.25, 0.3) is 11.7 Å². The Hall–Kier alpha value is -3.22. The molecule has 1 amide bonds. The third kappa shape index (κ3) is 3.66. The molecule has 6 nitrogen and oxygen atoms in total. The van der Waals surface area contributed by atoms with E-state index in [4.69, 9.17) is 32.4 Å². The van der Waals surface area contributed by atoms with Gasteiger partial charge in [0.05, 0.1) is 29.0 Å². The van der Waals surface area contributed by atoms with E-state index in [0.29, 0.717) is 11.4 Å². The lowest BCUT2D eigenvalue weighted by molar-refractivity contribution is -0.132. The second kappa shape index (κ2) is 8.73. The minimum Gasteiger partial charge on any atom is -0.507 e. The van der Waals surface area contributed by atoms with Crippen LogP contribution in [0.3, 0.4) is 0 Å². The predicted octanol–water partition coefficient (Wildman–Crippen LogP) is 5.78. The fourth-order valence-corrected chi connectivity index (χ4v) is 4.40. The summed E-state index contributed by atoms with van der Waals surface area (Å²) in [5.41, 5.74) is 1.65. The summed E-state index contributed by atoms with van der Waals surface area (Å²) in [6.07, 6.45) is 2.27. The molecule has 1 N–H and O–H groups in total. The predicted molar refractivity (Wildman–Crippen MR) is 122 cm³/mol. The molecule has 1 aliphatic heterocycles. The van der Waals surface area contributed by atoms with E-state index in [9.17, 15) is 14.7 Å². The standard InChI is InChI=1S/C24H19Cl2NO5/c1-3-13-6-8-15(9-7-13)27-20(18-5-4-10-32-18)19(22(29)24(27)30)21(28)14-11-16(25)23(31-2)17(26)12-14/h4-12,20,28H,3H2,1-2H3/b21-19-. The Morgan fingerprint density at radius 3 is 2.31 bits per heavy atom. The van der Waals surface area contributed by atoms with E-state index in [-0.39, 0.29) is 26.9 Å². The van der Waals surface area contributed by atoms with Crippen LogP contribution in [0, 0.1) is 0 Å². The molecule has 1 saturated heterocycles. The Kier molecular flexibility index (Phi) is 6.00. The van der Waals surface area contributed by atoms with Crippen LogP contribution in [0.2, 0.25) is 10.0 Å². The van der Waals surface area contributed by atoms with Gasteiger partial charge >= 0.3 is 0 Å². The Morgan fingerprint density at radius 1 is 1.12 bits per heavy atom. The molecule has 0 spiro atoms. The normalized spacial score (nSPS) is 17.8. The van der Waals surface area contributed by atoms with Crippen LogP contribution in [0.5, 0.6) is 5.75 Å². The smallest absolute Gasteiger partial charge is 0.300 e. The van der Waals surface area contributed by atoms with E-state index < -0.39 is 23.5 Å². The number of aliphatic hydroxyl groups is 1. The fraction of sp³-hybridized carbons (Fsp3) is 0.167. The average molecular weight is 472 g/mol. The average Bonchev–Trinajstić information content (AvgIpc) is 3.40. The van der Waals surface area contributed by atoms with Gasteiger partial charge in [-0.25, -0.2) is 0 Å². The third-order valence-electron chi connectivity index (χ3n) is 5.36. The number of aryl methyl sites for hydroxylation is 1. The van der Waals surface area contributed by atoms with Crippen LogP contribution in [-0.4, -0.2) is 23.9 Å². The summed E-state index contributed by atoms with van der Waals surface area (Å²) in [6, 6.07) is 12.5. The molecule has 2 aromatic carbocycles. The first-order valence-electron chi connectivity index (χ1n) is 9.84. The molecule has 1 atom stereocenters. The Bertz CT molecular complexity index is 1190. The molecule has 0 saturated carbocycles. The number of methoxy groups -OCH3 is 1. The number of Topliss-reactive ketones (excluding diaryl/α,β-unsaturated/α-hetero) is 1. The van der Waals surface area contributed by atoms with Crippen LogP contribution in [0.25, 0.3) is 5.76 Å². The highest BCUT2D eigenvalue weighted by molar-refractivity contribution is 6.51. The fourth-order valence-electron chi connectivity index (χ4n) is 3.75. The maximum atomic E-state index is 13.1. The number of nitrogens with zero attached hydrogens (tertiary/aromatic N) is 1. The van der Waals surface area contributed by atoms with E-state index in [1.807, 2.05) is 19.1 Å². The van der Waals surface area contributed by atoms with Gasteiger partial charge in [-0.1, -0.05) is 42.3 Å². The topological polar surface area (TPSA) is 80.0 Å². The summed E-state index contributed by atoms with van der Waals surface area (Å²) < 4.78 is 10.7. The summed E-state index contributed by atoms with van der Waals surface area (Å²) in [5, 5.41) is 11.4. The van der Waals surface area contributed by atoms with Crippen LogP contribution in [0.15, 0.2) is 64.8 Å². The minimum atomic E-state index is -0.961. The number of carbonyl (C=O) groups is 2. The molecule has 1 fully saturated rings. The van der Waals surface area contributed by atoms with Crippen molar-refractivity contribution in [1.29, 1.82) is 0 Å². The van der Waals surface area contributed by atoms with Gasteiger partial charge in [-0.15, -0.1) is 0 Å². The van der Waals surface area contributed by atoms with Gasteiger partial charge in [-0.2, -0.15) is 0 Å². The van der Waals surface area contributed by atoms with Gasteiger partial charge in [0.2, 0.25) is 0 Å². The number of ketones is 1. The number of carbonyl (C=O) groups excluding carboxylic acids is 2. The Morgan fingerprint density at radius 2 is 1.78 bits per heavy atom. The van der Waals surface area contributed by atoms with Gasteiger partial charge < -0.3 is 14.3 Å². The largest absolute Gasteiger partial charge is 0.507 e. The molecule has 3 aromatic rings. The van der Waals surface area contributed by atoms with Crippen molar-refractivity contribution in [1.82, 2.24) is 0 Å². The lowest BCUT2D eigenvalue weighted by Gasteiger charge is -2.23. The van der Waals surface area contributed by atoms with Crippen molar-refractivity contribution >= 4 is 46.3 Å². The number of ether oxygens (including phenoxy) is 1. The van der Waals surface area contributed by atoms with Gasteiger partial charge in [0.1, 0.15) is 17.6 Å². The molecule has 0 aliphatic carbocycles. The molecule has 8 heteroatoms. The number of hydrogen-bond acceptors (Lipinski definition) is 5. The molecule has 0 bridgehead atoms. The van der Waals surface area contributed by atoms with Crippen LogP contribution in [0.4, 0.5) is 5.69 Å². The second-order valence-electron chi connectivity index (χ2n) is 7.18. The molecule has 1 aromatic heterocycles. The molecule has 4 rings (SSSR count). The van der Waals surface area contributed by atoms with Crippen molar-refractivity contribution in [2.24, 2.45) is 0 Å². The zero-order chi connectivity index (χ0) is 23.0. The lowest BCUT2D eigenvalue weighted by Crippen LogP contribution is -2.29. The van der Waals surface area contributed by atoms with Crippen LogP contribution in [-0.2, 0) is 16.0 Å². The van der Waals surface area contributed by atoms with Crippen LogP contribution >= 0.6 is 23.2 Å². The molecular weight excluding hydrogens is 453 g/mol. The molecule has 1 unspecified atom stereocenters. The second-order valence-corrected chi connectivity index (χ2v) is 7.99. The van der Waals surface area contributed by atoms with E-state index in [1.165, 1.54) is 30.4 Å². The summed E-state index contributed by atoms with van der Waals surface area (Å²) in [7, 11) is 1.42. The van der Waals surface area contributed by atoms with E-state index in [1.54, 1.807) is 24.3 Å². The summed E-state index contributed by atoms with van der Waals surface area (Å²) in [6.45, 7) is 2.02. The highest BCUT2D eigenvalue weighted by atomic mass is 35.5. The van der Waals surface area contributed by atoms with Crippen molar-refractivity contribution in [3.63, 3.8) is 0 Å². The number of amides is 1. The number of anilines is 1. The summed E-state index contributed by atoms with van der Waals surface area (Å²) in [4.78, 5) is 27.5. The summed E-state index contributed by atoms with van der Waals surface area (Å²) >= 11 is 12.4. The number of benzene rings is 2. The quantitative estimate of drug-likeness (QED) is 0.289. The van der Waals surface area contributed by atoms with E-state index in [2.05, 4.69) is 0 Å². The van der Waals surface area contributed by atoms with Crippen molar-refractivity contribution < 1.29 is 23.8 Å². The molecule has 2 heterocycles. The molecule has 0 radical (unpaired) electrons. The van der Waals surface area contributed by atoms with Crippen molar-refractivity contribution in [3.8, 4) is 5.75 Å². The third-order valence-corrected chi connectivity index (χ3v) is 5.92. The Balaban J connectivity index is 1.90. The highest BCUT2D eigenvalue weighted by Crippen LogP contribution is 2.43. The number of rotatable bonds is 5. The van der Waals surface area contributed by atoms with Gasteiger partial charge in [0, 0.05) is 11.3 Å². The van der Waals surface area contributed by atoms with Crippen molar-refractivity contribution in [2.75, 3.05) is 12.0 Å². The number of aliphatic hydroxyl groups excluding tert-OH is 1. The van der Waals surface area contributed by atoms with Crippen molar-refractivity contribution in [3.05, 3.63) is 87.3 Å². The van der Waals surface area contributed by atoms with E-state index in [0.717, 1.165) is 12.0 Å². The molecule has 32 heavy (non-hydrogen) atoms. The maximum Gasteiger partial charge on any atom is 0.300 e. The summed E-state index contributed by atoms with van der Waals surface area (Å²) in [5.74, 6) is -1.46. The maximum absolute atomic E-state index is 13.1. The van der Waals surface area contributed by atoms with Gasteiger partial charge in [0.15, 0.2) is 5.75 Å². The number of furan rings is 1. The first-order chi connectivity index (χ1) is 15.4.